The molecule has 1 aromatic heterocycles. The lowest BCUT2D eigenvalue weighted by Crippen LogP contribution is -2.60. The van der Waals surface area contributed by atoms with Gasteiger partial charge in [0.15, 0.2) is 6.04 Å². The number of aliphatic hydroxyl groups excluding tert-OH is 1. The lowest BCUT2D eigenvalue weighted by Gasteiger charge is -2.27. The van der Waals surface area contributed by atoms with E-state index in [9.17, 15) is 34.2 Å². The van der Waals surface area contributed by atoms with Crippen LogP contribution >= 0.6 is 0 Å². The van der Waals surface area contributed by atoms with Crippen LogP contribution in [0.4, 0.5) is 0 Å². The maximum absolute atomic E-state index is 13.0. The molecule has 0 saturated heterocycles. The van der Waals surface area contributed by atoms with Crippen molar-refractivity contribution in [2.24, 2.45) is 11.7 Å². The number of amides is 3. The van der Waals surface area contributed by atoms with Crippen LogP contribution in [-0.4, -0.2) is 85.2 Å². The SMILES string of the molecule is CC(C)C(NC(=O)C(Cc1cnc[nH]1)NC(=O)C(N)CCC(=O)O)C(=O)NC(C(=O)O)C(C)O. The maximum Gasteiger partial charge on any atom is 0.328 e. The molecule has 0 aromatic carbocycles. The van der Waals surface area contributed by atoms with Crippen molar-refractivity contribution in [2.45, 2.75) is 70.3 Å². The number of aromatic nitrogens is 2. The number of carboxylic acid groups (broad SMARTS) is 2. The second-order valence-electron chi connectivity index (χ2n) is 8.18. The van der Waals surface area contributed by atoms with Crippen molar-refractivity contribution in [3.63, 3.8) is 0 Å². The molecule has 0 aliphatic carbocycles. The first-order chi connectivity index (χ1) is 15.8. The molecule has 0 bridgehead atoms. The van der Waals surface area contributed by atoms with Gasteiger partial charge in [0.05, 0.1) is 18.5 Å². The number of imidazole rings is 1. The second-order valence-corrected chi connectivity index (χ2v) is 8.18. The van der Waals surface area contributed by atoms with Gasteiger partial charge in [0.2, 0.25) is 17.7 Å². The van der Waals surface area contributed by atoms with E-state index in [2.05, 4.69) is 25.9 Å². The molecule has 1 rings (SSSR count). The maximum atomic E-state index is 13.0. The fourth-order valence-electron chi connectivity index (χ4n) is 2.93. The van der Waals surface area contributed by atoms with Gasteiger partial charge in [0.25, 0.3) is 0 Å². The van der Waals surface area contributed by atoms with Gasteiger partial charge in [0, 0.05) is 24.7 Å². The van der Waals surface area contributed by atoms with Gasteiger partial charge >= 0.3 is 11.9 Å². The van der Waals surface area contributed by atoms with Crippen molar-refractivity contribution in [2.75, 3.05) is 0 Å². The summed E-state index contributed by atoms with van der Waals surface area (Å²) in [5.74, 6) is -5.40. The normalized spacial score (nSPS) is 15.5. The quantitative estimate of drug-likeness (QED) is 0.141. The number of hydrogen-bond donors (Lipinski definition) is 8. The fourth-order valence-corrected chi connectivity index (χ4v) is 2.93. The van der Waals surface area contributed by atoms with E-state index in [-0.39, 0.29) is 19.3 Å². The Hall–Kier alpha value is -3.52. The van der Waals surface area contributed by atoms with E-state index < -0.39 is 65.8 Å². The van der Waals surface area contributed by atoms with Gasteiger partial charge in [-0.3, -0.25) is 19.2 Å². The van der Waals surface area contributed by atoms with E-state index in [4.69, 9.17) is 10.8 Å². The molecule has 1 aromatic rings. The van der Waals surface area contributed by atoms with Crippen molar-refractivity contribution in [3.05, 3.63) is 18.2 Å². The Morgan fingerprint density at radius 3 is 2.09 bits per heavy atom. The zero-order valence-corrected chi connectivity index (χ0v) is 19.1. The zero-order valence-electron chi connectivity index (χ0n) is 19.1. The minimum atomic E-state index is -1.58. The molecule has 0 fully saturated rings. The van der Waals surface area contributed by atoms with E-state index in [1.807, 2.05) is 0 Å². The van der Waals surface area contributed by atoms with E-state index >= 15 is 0 Å². The first-order valence-corrected chi connectivity index (χ1v) is 10.6. The highest BCUT2D eigenvalue weighted by molar-refractivity contribution is 5.94. The lowest BCUT2D eigenvalue weighted by atomic mass is 10.0. The van der Waals surface area contributed by atoms with Gasteiger partial charge in [-0.1, -0.05) is 13.8 Å². The molecule has 5 atom stereocenters. The topological polar surface area (TPSA) is 237 Å². The van der Waals surface area contributed by atoms with E-state index in [1.54, 1.807) is 13.8 Å². The molecule has 14 nitrogen and oxygen atoms in total. The number of H-pyrrole nitrogens is 1. The van der Waals surface area contributed by atoms with Crippen LogP contribution in [0.5, 0.6) is 0 Å². The van der Waals surface area contributed by atoms with Crippen LogP contribution < -0.4 is 21.7 Å². The molecule has 0 saturated carbocycles. The van der Waals surface area contributed by atoms with Gasteiger partial charge in [0.1, 0.15) is 12.1 Å². The summed E-state index contributed by atoms with van der Waals surface area (Å²) in [6.07, 6.45) is 0.897. The molecule has 0 spiro atoms. The van der Waals surface area contributed by atoms with E-state index in [0.717, 1.165) is 0 Å². The fraction of sp³-hybridized carbons (Fsp3) is 0.600. The first kappa shape index (κ1) is 28.5. The number of nitrogens with one attached hydrogen (secondary N) is 4. The third-order valence-corrected chi connectivity index (χ3v) is 4.91. The Bertz CT molecular complexity index is 857. The standard InChI is InChI=1S/C20H32N6O8/c1-9(2)15(19(32)26-16(10(3)27)20(33)34)25-18(31)13(6-11-7-22-8-23-11)24-17(30)12(21)4-5-14(28)29/h7-10,12-13,15-16,27H,4-6,21H2,1-3H3,(H,22,23)(H,24,30)(H,25,31)(H,26,32)(H,28,29)(H,33,34). The van der Waals surface area contributed by atoms with E-state index in [1.165, 1.54) is 19.4 Å². The number of rotatable bonds is 14. The highest BCUT2D eigenvalue weighted by atomic mass is 16.4. The Labute approximate surface area is 195 Å². The van der Waals surface area contributed by atoms with Gasteiger partial charge in [-0.2, -0.15) is 0 Å². The molecule has 9 N–H and O–H groups in total. The number of carbonyl (C=O) groups is 5. The Morgan fingerprint density at radius 2 is 1.62 bits per heavy atom. The molecule has 0 radical (unpaired) electrons. The number of nitrogens with two attached hydrogens (primary N) is 1. The molecule has 34 heavy (non-hydrogen) atoms. The number of aromatic amines is 1. The van der Waals surface area contributed by atoms with Crippen LogP contribution in [0, 0.1) is 5.92 Å². The molecular weight excluding hydrogens is 452 g/mol. The number of aliphatic carboxylic acids is 2. The van der Waals surface area contributed by atoms with Crippen molar-refractivity contribution in [3.8, 4) is 0 Å². The summed E-state index contributed by atoms with van der Waals surface area (Å²) < 4.78 is 0. The minimum absolute atomic E-state index is 0.0406. The third-order valence-electron chi connectivity index (χ3n) is 4.91. The molecule has 0 aliphatic rings. The van der Waals surface area contributed by atoms with Crippen molar-refractivity contribution in [1.29, 1.82) is 0 Å². The summed E-state index contributed by atoms with van der Waals surface area (Å²) >= 11 is 0. The molecule has 5 unspecified atom stereocenters. The number of carbonyl (C=O) groups excluding carboxylic acids is 3. The van der Waals surface area contributed by atoms with Crippen LogP contribution in [0.1, 0.15) is 39.3 Å². The average molecular weight is 485 g/mol. The van der Waals surface area contributed by atoms with Crippen molar-refractivity contribution in [1.82, 2.24) is 25.9 Å². The number of hydrogen-bond acceptors (Lipinski definition) is 8. The summed E-state index contributed by atoms with van der Waals surface area (Å²) in [5, 5.41) is 34.7. The van der Waals surface area contributed by atoms with Crippen LogP contribution in [0.2, 0.25) is 0 Å². The Morgan fingerprint density at radius 1 is 1.00 bits per heavy atom. The summed E-state index contributed by atoms with van der Waals surface area (Å²) in [6, 6.07) is -5.15. The predicted octanol–water partition coefficient (Wildman–Crippen LogP) is -2.28. The van der Waals surface area contributed by atoms with E-state index in [0.29, 0.717) is 5.69 Å². The number of nitrogens with zero attached hydrogens (tertiary/aromatic N) is 1. The van der Waals surface area contributed by atoms with Gasteiger partial charge in [-0.15, -0.1) is 0 Å². The van der Waals surface area contributed by atoms with Gasteiger partial charge in [-0.05, 0) is 19.3 Å². The second kappa shape index (κ2) is 13.3. The van der Waals surface area contributed by atoms with Crippen molar-refractivity contribution >= 4 is 29.7 Å². The van der Waals surface area contributed by atoms with Crippen LogP contribution in [-0.2, 0) is 30.4 Å². The van der Waals surface area contributed by atoms with Crippen molar-refractivity contribution < 1.29 is 39.3 Å². The number of carboxylic acids is 2. The summed E-state index contributed by atoms with van der Waals surface area (Å²) in [6.45, 7) is 4.44. The third kappa shape index (κ3) is 9.15. The highest BCUT2D eigenvalue weighted by Gasteiger charge is 2.33. The monoisotopic (exact) mass is 484 g/mol. The van der Waals surface area contributed by atoms with Crippen LogP contribution in [0.3, 0.4) is 0 Å². The summed E-state index contributed by atoms with van der Waals surface area (Å²) in [5.41, 5.74) is 6.22. The Balaban J connectivity index is 3.00. The smallest absolute Gasteiger partial charge is 0.328 e. The molecular formula is C20H32N6O8. The van der Waals surface area contributed by atoms with Crippen LogP contribution in [0.25, 0.3) is 0 Å². The largest absolute Gasteiger partial charge is 0.481 e. The zero-order chi connectivity index (χ0) is 26.0. The molecule has 14 heteroatoms. The molecule has 3 amide bonds. The highest BCUT2D eigenvalue weighted by Crippen LogP contribution is 2.07. The Kier molecular flexibility index (Phi) is 11.1. The van der Waals surface area contributed by atoms with Crippen LogP contribution in [0.15, 0.2) is 12.5 Å². The summed E-state index contributed by atoms with van der Waals surface area (Å²) in [4.78, 5) is 66.8. The summed E-state index contributed by atoms with van der Waals surface area (Å²) in [7, 11) is 0. The minimum Gasteiger partial charge on any atom is -0.481 e. The molecule has 0 aliphatic heterocycles. The molecule has 1 heterocycles. The van der Waals surface area contributed by atoms with Gasteiger partial charge in [-0.25, -0.2) is 9.78 Å². The average Bonchev–Trinajstić information content (AvgIpc) is 3.25. The molecule has 190 valence electrons. The number of aliphatic hydroxyl groups is 1. The predicted molar refractivity (Wildman–Crippen MR) is 117 cm³/mol. The van der Waals surface area contributed by atoms with Gasteiger partial charge < -0.3 is 42.0 Å². The first-order valence-electron chi connectivity index (χ1n) is 10.6. The lowest BCUT2D eigenvalue weighted by molar-refractivity contribution is -0.145.